The molecule has 1 saturated heterocycles. The van der Waals surface area contributed by atoms with Crippen molar-refractivity contribution in [3.63, 3.8) is 0 Å². The predicted molar refractivity (Wildman–Crippen MR) is 76.3 cm³/mol. The molecular formula is C15H32N2. The molecule has 0 spiro atoms. The SMILES string of the molecule is CC(C)CCNCC(C)N1CCC(C)C(C)C1. The van der Waals surface area contributed by atoms with Crippen molar-refractivity contribution in [3.8, 4) is 0 Å². The van der Waals surface area contributed by atoms with Crippen molar-refractivity contribution in [2.45, 2.75) is 53.5 Å². The summed E-state index contributed by atoms with van der Waals surface area (Å²) >= 11 is 0. The Morgan fingerprint density at radius 3 is 2.47 bits per heavy atom. The first-order valence-electron chi connectivity index (χ1n) is 7.45. The van der Waals surface area contributed by atoms with Crippen LogP contribution in [0.25, 0.3) is 0 Å². The van der Waals surface area contributed by atoms with E-state index in [2.05, 4.69) is 44.8 Å². The maximum absolute atomic E-state index is 3.60. The van der Waals surface area contributed by atoms with Gasteiger partial charge in [-0.15, -0.1) is 0 Å². The highest BCUT2D eigenvalue weighted by Gasteiger charge is 2.25. The van der Waals surface area contributed by atoms with Crippen LogP contribution in [0.2, 0.25) is 0 Å². The molecule has 1 N–H and O–H groups in total. The molecule has 0 aromatic heterocycles. The van der Waals surface area contributed by atoms with E-state index in [1.807, 2.05) is 0 Å². The number of piperidine rings is 1. The van der Waals surface area contributed by atoms with E-state index in [0.717, 1.165) is 24.3 Å². The lowest BCUT2D eigenvalue weighted by atomic mass is 9.88. The Balaban J connectivity index is 2.17. The quantitative estimate of drug-likeness (QED) is 0.718. The van der Waals surface area contributed by atoms with Gasteiger partial charge >= 0.3 is 0 Å². The standard InChI is InChI=1S/C15H32N2/c1-12(2)6-8-16-10-15(5)17-9-7-13(3)14(4)11-17/h12-16H,6-11H2,1-5H3. The van der Waals surface area contributed by atoms with Crippen LogP contribution in [-0.2, 0) is 0 Å². The number of rotatable bonds is 6. The van der Waals surface area contributed by atoms with Crippen LogP contribution in [0, 0.1) is 17.8 Å². The second kappa shape index (κ2) is 7.38. The van der Waals surface area contributed by atoms with Crippen molar-refractivity contribution < 1.29 is 0 Å². The highest BCUT2D eigenvalue weighted by atomic mass is 15.2. The van der Waals surface area contributed by atoms with Crippen molar-refractivity contribution in [2.75, 3.05) is 26.2 Å². The average Bonchev–Trinajstić information content (AvgIpc) is 2.27. The molecule has 0 radical (unpaired) electrons. The van der Waals surface area contributed by atoms with Gasteiger partial charge in [0.25, 0.3) is 0 Å². The summed E-state index contributed by atoms with van der Waals surface area (Å²) in [6.07, 6.45) is 2.66. The minimum absolute atomic E-state index is 0.692. The Kier molecular flexibility index (Phi) is 6.50. The molecule has 0 saturated carbocycles. The van der Waals surface area contributed by atoms with Crippen molar-refractivity contribution in [1.29, 1.82) is 0 Å². The van der Waals surface area contributed by atoms with Crippen LogP contribution >= 0.6 is 0 Å². The molecule has 1 fully saturated rings. The number of hydrogen-bond acceptors (Lipinski definition) is 2. The predicted octanol–water partition coefficient (Wildman–Crippen LogP) is 2.99. The molecule has 0 aromatic carbocycles. The summed E-state index contributed by atoms with van der Waals surface area (Å²) in [4.78, 5) is 2.66. The van der Waals surface area contributed by atoms with Crippen molar-refractivity contribution >= 4 is 0 Å². The summed E-state index contributed by atoms with van der Waals surface area (Å²) in [5.74, 6) is 2.59. The van der Waals surface area contributed by atoms with Gasteiger partial charge in [-0.25, -0.2) is 0 Å². The zero-order valence-electron chi connectivity index (χ0n) is 12.5. The van der Waals surface area contributed by atoms with Gasteiger partial charge < -0.3 is 5.32 Å². The van der Waals surface area contributed by atoms with Gasteiger partial charge in [0.1, 0.15) is 0 Å². The molecule has 17 heavy (non-hydrogen) atoms. The average molecular weight is 240 g/mol. The van der Waals surface area contributed by atoms with Crippen LogP contribution < -0.4 is 5.32 Å². The lowest BCUT2D eigenvalue weighted by Gasteiger charge is -2.39. The summed E-state index contributed by atoms with van der Waals surface area (Å²) < 4.78 is 0. The molecule has 0 amide bonds. The first-order valence-corrected chi connectivity index (χ1v) is 7.45. The molecule has 1 aliphatic heterocycles. The molecule has 1 aliphatic rings. The van der Waals surface area contributed by atoms with Gasteiger partial charge in [0.15, 0.2) is 0 Å². The summed E-state index contributed by atoms with van der Waals surface area (Å²) in [5.41, 5.74) is 0. The second-order valence-electron chi connectivity index (χ2n) is 6.47. The van der Waals surface area contributed by atoms with Crippen LogP contribution in [-0.4, -0.2) is 37.1 Å². The second-order valence-corrected chi connectivity index (χ2v) is 6.47. The Hall–Kier alpha value is -0.0800. The zero-order chi connectivity index (χ0) is 12.8. The molecule has 102 valence electrons. The van der Waals surface area contributed by atoms with Crippen LogP contribution in [0.1, 0.15) is 47.5 Å². The smallest absolute Gasteiger partial charge is 0.0192 e. The number of likely N-dealkylation sites (tertiary alicyclic amines) is 1. The molecule has 3 atom stereocenters. The molecule has 0 aliphatic carbocycles. The minimum atomic E-state index is 0.692. The monoisotopic (exact) mass is 240 g/mol. The van der Waals surface area contributed by atoms with Gasteiger partial charge in [0, 0.05) is 19.1 Å². The number of hydrogen-bond donors (Lipinski definition) is 1. The fourth-order valence-electron chi connectivity index (χ4n) is 2.53. The van der Waals surface area contributed by atoms with E-state index in [-0.39, 0.29) is 0 Å². The first kappa shape index (κ1) is 15.0. The van der Waals surface area contributed by atoms with Crippen LogP contribution in [0.3, 0.4) is 0 Å². The third-order valence-electron chi connectivity index (χ3n) is 4.33. The van der Waals surface area contributed by atoms with Gasteiger partial charge in [-0.1, -0.05) is 27.7 Å². The van der Waals surface area contributed by atoms with E-state index >= 15 is 0 Å². The molecule has 3 unspecified atom stereocenters. The number of nitrogens with zero attached hydrogens (tertiary/aromatic N) is 1. The maximum Gasteiger partial charge on any atom is 0.0192 e. The van der Waals surface area contributed by atoms with Crippen LogP contribution in [0.15, 0.2) is 0 Å². The third-order valence-corrected chi connectivity index (χ3v) is 4.33. The van der Waals surface area contributed by atoms with Crippen LogP contribution in [0.5, 0.6) is 0 Å². The van der Waals surface area contributed by atoms with E-state index in [4.69, 9.17) is 0 Å². The van der Waals surface area contributed by atoms with Gasteiger partial charge in [0.2, 0.25) is 0 Å². The molecular weight excluding hydrogens is 208 g/mol. The van der Waals surface area contributed by atoms with Gasteiger partial charge in [-0.3, -0.25) is 4.90 Å². The van der Waals surface area contributed by atoms with E-state index in [0.29, 0.717) is 6.04 Å². The minimum Gasteiger partial charge on any atom is -0.315 e. The lowest BCUT2D eigenvalue weighted by molar-refractivity contribution is 0.102. The van der Waals surface area contributed by atoms with Gasteiger partial charge in [0.05, 0.1) is 0 Å². The summed E-state index contributed by atoms with van der Waals surface area (Å²) in [5, 5.41) is 3.60. The fourth-order valence-corrected chi connectivity index (χ4v) is 2.53. The van der Waals surface area contributed by atoms with Crippen molar-refractivity contribution in [2.24, 2.45) is 17.8 Å². The molecule has 0 aromatic rings. The third kappa shape index (κ3) is 5.39. The molecule has 0 bridgehead atoms. The molecule has 1 rings (SSSR count). The fraction of sp³-hybridized carbons (Fsp3) is 1.00. The van der Waals surface area contributed by atoms with E-state index in [9.17, 15) is 0 Å². The topological polar surface area (TPSA) is 15.3 Å². The van der Waals surface area contributed by atoms with Gasteiger partial charge in [-0.05, 0) is 50.6 Å². The zero-order valence-corrected chi connectivity index (χ0v) is 12.5. The first-order chi connectivity index (χ1) is 8.00. The van der Waals surface area contributed by atoms with E-state index < -0.39 is 0 Å². The Labute approximate surface area is 108 Å². The summed E-state index contributed by atoms with van der Waals surface area (Å²) in [7, 11) is 0. The normalized spacial score (nSPS) is 28.6. The van der Waals surface area contributed by atoms with Crippen LogP contribution in [0.4, 0.5) is 0 Å². The Bertz CT molecular complexity index is 203. The summed E-state index contributed by atoms with van der Waals surface area (Å²) in [6, 6.07) is 0.692. The largest absolute Gasteiger partial charge is 0.315 e. The van der Waals surface area contributed by atoms with Crippen molar-refractivity contribution in [1.82, 2.24) is 10.2 Å². The Morgan fingerprint density at radius 2 is 1.88 bits per heavy atom. The molecule has 1 heterocycles. The molecule has 2 heteroatoms. The maximum atomic E-state index is 3.60. The van der Waals surface area contributed by atoms with E-state index in [1.165, 1.54) is 32.5 Å². The highest BCUT2D eigenvalue weighted by molar-refractivity contribution is 4.79. The molecule has 2 nitrogen and oxygen atoms in total. The summed E-state index contributed by atoms with van der Waals surface area (Å²) in [6.45, 7) is 16.6. The lowest BCUT2D eigenvalue weighted by Crippen LogP contribution is -2.47. The Morgan fingerprint density at radius 1 is 1.18 bits per heavy atom. The van der Waals surface area contributed by atoms with Gasteiger partial charge in [-0.2, -0.15) is 0 Å². The number of nitrogens with one attached hydrogen (secondary N) is 1. The van der Waals surface area contributed by atoms with E-state index in [1.54, 1.807) is 0 Å². The highest BCUT2D eigenvalue weighted by Crippen LogP contribution is 2.23. The van der Waals surface area contributed by atoms with Crippen molar-refractivity contribution in [3.05, 3.63) is 0 Å².